The van der Waals surface area contributed by atoms with Crippen LogP contribution in [0, 0.1) is 11.8 Å². The smallest absolute Gasteiger partial charge is 0.00137 e. The van der Waals surface area contributed by atoms with Crippen LogP contribution in [0.4, 0.5) is 0 Å². The molecule has 2 rings (SSSR count). The van der Waals surface area contributed by atoms with E-state index < -0.39 is 0 Å². The molecule has 2 aliphatic rings. The van der Waals surface area contributed by atoms with Gasteiger partial charge < -0.3 is 0 Å². The standard InChI is InChI=1S/C11H22B/c1-10-7-11(2)9-12(8-10)5-3-4-6-12/h10-11H,3-9H2,1-2H3/q-1. The molecule has 0 aromatic rings. The van der Waals surface area contributed by atoms with E-state index >= 15 is 0 Å². The van der Waals surface area contributed by atoms with E-state index in [4.69, 9.17) is 0 Å². The van der Waals surface area contributed by atoms with Gasteiger partial charge >= 0.3 is 0 Å². The Morgan fingerprint density at radius 1 is 0.917 bits per heavy atom. The summed E-state index contributed by atoms with van der Waals surface area (Å²) in [5, 5.41) is 0. The fraction of sp³-hybridized carbons (Fsp3) is 1.00. The predicted molar refractivity (Wildman–Crippen MR) is 57.2 cm³/mol. The number of rotatable bonds is 0. The second-order valence-corrected chi connectivity index (χ2v) is 5.93. The molecule has 0 aromatic heterocycles. The molecule has 2 aliphatic heterocycles. The molecule has 2 saturated heterocycles. The third kappa shape index (κ3) is 1.55. The summed E-state index contributed by atoms with van der Waals surface area (Å²) < 4.78 is 0. The van der Waals surface area contributed by atoms with Gasteiger partial charge in [-0.2, -0.15) is 25.3 Å². The normalized spacial score (nSPS) is 40.5. The van der Waals surface area contributed by atoms with Crippen molar-refractivity contribution < 1.29 is 0 Å². The Kier molecular flexibility index (Phi) is 2.22. The predicted octanol–water partition coefficient (Wildman–Crippen LogP) is 3.90. The maximum atomic E-state index is 2.47. The van der Waals surface area contributed by atoms with Crippen molar-refractivity contribution in [2.75, 3.05) is 0 Å². The summed E-state index contributed by atoms with van der Waals surface area (Å²) in [6.07, 6.45) is 11.2. The van der Waals surface area contributed by atoms with Crippen LogP contribution in [0.2, 0.25) is 25.3 Å². The zero-order valence-electron chi connectivity index (χ0n) is 8.68. The lowest BCUT2D eigenvalue weighted by Crippen LogP contribution is -2.38. The van der Waals surface area contributed by atoms with Crippen LogP contribution in [0.25, 0.3) is 0 Å². The molecule has 1 heteroatoms. The van der Waals surface area contributed by atoms with Crippen LogP contribution in [-0.4, -0.2) is 6.15 Å². The molecule has 70 valence electrons. The van der Waals surface area contributed by atoms with Gasteiger partial charge in [-0.15, -0.1) is 0 Å². The van der Waals surface area contributed by atoms with Gasteiger partial charge in [0.05, 0.1) is 0 Å². The topological polar surface area (TPSA) is 0 Å². The first-order chi connectivity index (χ1) is 5.70. The van der Waals surface area contributed by atoms with E-state index in [2.05, 4.69) is 13.8 Å². The molecule has 0 bridgehead atoms. The van der Waals surface area contributed by atoms with Gasteiger partial charge in [0, 0.05) is 6.15 Å². The monoisotopic (exact) mass is 165 g/mol. The summed E-state index contributed by atoms with van der Waals surface area (Å²) >= 11 is 0. The first kappa shape index (κ1) is 8.65. The summed E-state index contributed by atoms with van der Waals surface area (Å²) in [7, 11) is 0. The average Bonchev–Trinajstić information content (AvgIpc) is 2.33. The average molecular weight is 165 g/mol. The van der Waals surface area contributed by atoms with Crippen LogP contribution >= 0.6 is 0 Å². The maximum absolute atomic E-state index is 2.47. The van der Waals surface area contributed by atoms with E-state index in [0.717, 1.165) is 11.8 Å². The van der Waals surface area contributed by atoms with Gasteiger partial charge in [-0.05, 0) is 0 Å². The van der Waals surface area contributed by atoms with Gasteiger partial charge in [0.15, 0.2) is 0 Å². The highest BCUT2D eigenvalue weighted by molar-refractivity contribution is 6.80. The summed E-state index contributed by atoms with van der Waals surface area (Å²) in [5.41, 5.74) is 0. The van der Waals surface area contributed by atoms with Crippen LogP contribution in [0.1, 0.15) is 33.1 Å². The van der Waals surface area contributed by atoms with Crippen LogP contribution in [-0.2, 0) is 0 Å². The third-order valence-electron chi connectivity index (χ3n) is 4.49. The molecule has 2 unspecified atom stereocenters. The molecule has 0 radical (unpaired) electrons. The maximum Gasteiger partial charge on any atom is 0.00137 e. The van der Waals surface area contributed by atoms with Crippen molar-refractivity contribution in [2.24, 2.45) is 11.8 Å². The summed E-state index contributed by atoms with van der Waals surface area (Å²) in [6.45, 7) is 4.94. The van der Waals surface area contributed by atoms with E-state index in [1.54, 1.807) is 38.1 Å². The van der Waals surface area contributed by atoms with Crippen LogP contribution in [0.5, 0.6) is 0 Å². The van der Waals surface area contributed by atoms with Gasteiger partial charge in [0.25, 0.3) is 0 Å². The molecule has 0 saturated carbocycles. The molecule has 2 atom stereocenters. The summed E-state index contributed by atoms with van der Waals surface area (Å²) in [4.78, 5) is 0. The molecule has 0 nitrogen and oxygen atoms in total. The van der Waals surface area contributed by atoms with Crippen LogP contribution < -0.4 is 0 Å². The molecular weight excluding hydrogens is 143 g/mol. The Morgan fingerprint density at radius 3 is 1.92 bits per heavy atom. The van der Waals surface area contributed by atoms with Crippen molar-refractivity contribution in [3.63, 3.8) is 0 Å². The van der Waals surface area contributed by atoms with Crippen molar-refractivity contribution in [2.45, 2.75) is 58.4 Å². The molecule has 0 aromatic carbocycles. The summed E-state index contributed by atoms with van der Waals surface area (Å²) in [5.74, 6) is 2.07. The zero-order chi connectivity index (χ0) is 8.60. The SMILES string of the molecule is CC1CC(C)C[B-]2(CCCC2)C1. The second kappa shape index (κ2) is 3.08. The van der Waals surface area contributed by atoms with E-state index in [9.17, 15) is 0 Å². The molecule has 0 amide bonds. The molecule has 12 heavy (non-hydrogen) atoms. The Balaban J connectivity index is 2.04. The highest BCUT2D eigenvalue weighted by atomic mass is 14.2. The zero-order valence-corrected chi connectivity index (χ0v) is 8.68. The minimum absolute atomic E-state index is 0.159. The Hall–Kier alpha value is 0.0649. The molecule has 2 heterocycles. The molecule has 1 spiro atoms. The third-order valence-corrected chi connectivity index (χ3v) is 4.49. The minimum Gasteiger partial charge on any atom is -0.178 e. The largest absolute Gasteiger partial charge is 0.178 e. The van der Waals surface area contributed by atoms with E-state index in [1.807, 2.05) is 0 Å². The number of hydrogen-bond donors (Lipinski definition) is 0. The fourth-order valence-electron chi connectivity index (χ4n) is 4.45. The number of hydrogen-bond acceptors (Lipinski definition) is 0. The molecule has 0 aliphatic carbocycles. The highest BCUT2D eigenvalue weighted by Gasteiger charge is 2.34. The summed E-state index contributed by atoms with van der Waals surface area (Å²) in [6, 6.07) is 0. The minimum atomic E-state index is 0.159. The lowest BCUT2D eigenvalue weighted by atomic mass is 9.17. The Morgan fingerprint density at radius 2 is 1.42 bits per heavy atom. The quantitative estimate of drug-likeness (QED) is 0.477. The lowest BCUT2D eigenvalue weighted by molar-refractivity contribution is 0.431. The van der Waals surface area contributed by atoms with E-state index in [0.29, 0.717) is 0 Å². The van der Waals surface area contributed by atoms with Crippen molar-refractivity contribution in [3.05, 3.63) is 0 Å². The van der Waals surface area contributed by atoms with Gasteiger partial charge in [0.1, 0.15) is 0 Å². The molecular formula is C11H22B-. The molecule has 2 fully saturated rings. The van der Waals surface area contributed by atoms with Gasteiger partial charge in [-0.1, -0.05) is 44.9 Å². The first-order valence-corrected chi connectivity index (χ1v) is 5.92. The van der Waals surface area contributed by atoms with Crippen molar-refractivity contribution in [1.29, 1.82) is 0 Å². The van der Waals surface area contributed by atoms with Crippen molar-refractivity contribution in [3.8, 4) is 0 Å². The highest BCUT2D eigenvalue weighted by Crippen LogP contribution is 2.46. The van der Waals surface area contributed by atoms with Crippen molar-refractivity contribution >= 4 is 6.15 Å². The lowest BCUT2D eigenvalue weighted by Gasteiger charge is -2.45. The van der Waals surface area contributed by atoms with E-state index in [-0.39, 0.29) is 6.15 Å². The molecule has 0 N–H and O–H groups in total. The van der Waals surface area contributed by atoms with Crippen LogP contribution in [0.15, 0.2) is 0 Å². The fourth-order valence-corrected chi connectivity index (χ4v) is 4.45. The van der Waals surface area contributed by atoms with Gasteiger partial charge in [-0.25, -0.2) is 0 Å². The first-order valence-electron chi connectivity index (χ1n) is 5.92. The second-order valence-electron chi connectivity index (χ2n) is 5.93. The Bertz CT molecular complexity index is 146. The van der Waals surface area contributed by atoms with Crippen LogP contribution in [0.3, 0.4) is 0 Å². The van der Waals surface area contributed by atoms with E-state index in [1.165, 1.54) is 6.42 Å². The Labute approximate surface area is 77.0 Å². The van der Waals surface area contributed by atoms with Gasteiger partial charge in [0.2, 0.25) is 0 Å². The van der Waals surface area contributed by atoms with Crippen molar-refractivity contribution in [1.82, 2.24) is 0 Å². The van der Waals surface area contributed by atoms with Gasteiger partial charge in [-0.3, -0.25) is 0 Å².